The first-order valence-corrected chi connectivity index (χ1v) is 18.2. The molecule has 1 aromatic carbocycles. The van der Waals surface area contributed by atoms with E-state index in [1.807, 2.05) is 13.8 Å². The Morgan fingerprint density at radius 1 is 0.782 bits per heavy atom. The number of nitrogens with zero attached hydrogens (tertiary/aromatic N) is 1. The second-order valence-electron chi connectivity index (χ2n) is 15.7. The number of likely N-dealkylation sites (tertiary alicyclic amines) is 1. The van der Waals surface area contributed by atoms with E-state index in [1.54, 1.807) is 53.7 Å². The van der Waals surface area contributed by atoms with Gasteiger partial charge < -0.3 is 51.4 Å². The smallest absolute Gasteiger partial charge is 0.444 e. The van der Waals surface area contributed by atoms with Crippen molar-refractivity contribution < 1.29 is 52.6 Å². The molecule has 1 fully saturated rings. The molecule has 18 nitrogen and oxygen atoms in total. The van der Waals surface area contributed by atoms with Gasteiger partial charge in [-0.15, -0.1) is 0 Å². The van der Waals surface area contributed by atoms with Crippen molar-refractivity contribution in [2.45, 2.75) is 123 Å². The van der Waals surface area contributed by atoms with Gasteiger partial charge in [0.05, 0.1) is 13.1 Å². The summed E-state index contributed by atoms with van der Waals surface area (Å²) in [6.45, 7) is 14.6. The molecule has 1 heterocycles. The number of primary amides is 1. The number of benzene rings is 1. The molecule has 7 amide bonds. The molecule has 2 rings (SSSR count). The molecule has 0 bridgehead atoms. The van der Waals surface area contributed by atoms with Gasteiger partial charge in [-0.3, -0.25) is 28.8 Å². The molecule has 1 aromatic rings. The maximum absolute atomic E-state index is 13.4. The summed E-state index contributed by atoms with van der Waals surface area (Å²) in [5.41, 5.74) is 4.08. The summed E-state index contributed by atoms with van der Waals surface area (Å²) in [5.74, 6) is -3.62. The van der Waals surface area contributed by atoms with Crippen molar-refractivity contribution in [3.8, 4) is 5.75 Å². The van der Waals surface area contributed by atoms with E-state index in [2.05, 4.69) is 26.6 Å². The minimum absolute atomic E-state index is 0.0194. The van der Waals surface area contributed by atoms with Crippen molar-refractivity contribution in [3.63, 3.8) is 0 Å². The predicted molar refractivity (Wildman–Crippen MR) is 199 cm³/mol. The maximum atomic E-state index is 13.4. The zero-order chi connectivity index (χ0) is 41.7. The summed E-state index contributed by atoms with van der Waals surface area (Å²) in [6.07, 6.45) is -0.666. The van der Waals surface area contributed by atoms with Gasteiger partial charge in [0.1, 0.15) is 41.1 Å². The Kier molecular flexibility index (Phi) is 16.9. The molecule has 0 aliphatic carbocycles. The summed E-state index contributed by atoms with van der Waals surface area (Å²) in [4.78, 5) is 103. The minimum atomic E-state index is -1.20. The second-order valence-corrected chi connectivity index (χ2v) is 15.7. The van der Waals surface area contributed by atoms with E-state index in [-0.39, 0.29) is 37.6 Å². The van der Waals surface area contributed by atoms with Gasteiger partial charge in [-0.05, 0) is 91.3 Å². The first kappa shape index (κ1) is 45.7. The average molecular weight is 776 g/mol. The molecule has 306 valence electrons. The van der Waals surface area contributed by atoms with Crippen LogP contribution in [0, 0.1) is 5.92 Å². The summed E-state index contributed by atoms with van der Waals surface area (Å²) in [5, 5.41) is 12.6. The van der Waals surface area contributed by atoms with E-state index >= 15 is 0 Å². The molecule has 18 heteroatoms. The Hall–Kier alpha value is -5.42. The predicted octanol–water partition coefficient (Wildman–Crippen LogP) is 1.18. The second kappa shape index (κ2) is 20.3. The molecular weight excluding hydrogens is 718 g/mol. The number of nitrogens with two attached hydrogens (primary N) is 1. The van der Waals surface area contributed by atoms with E-state index in [4.69, 9.17) is 19.9 Å². The van der Waals surface area contributed by atoms with Crippen LogP contribution in [0.25, 0.3) is 0 Å². The third kappa shape index (κ3) is 17.1. The summed E-state index contributed by atoms with van der Waals surface area (Å²) >= 11 is 0. The molecule has 1 aliphatic heterocycles. The first-order chi connectivity index (χ1) is 25.4. The lowest BCUT2D eigenvalue weighted by Crippen LogP contribution is -2.56. The van der Waals surface area contributed by atoms with Gasteiger partial charge in [0.25, 0.3) is 0 Å². The van der Waals surface area contributed by atoms with E-state index in [0.717, 1.165) is 0 Å². The van der Waals surface area contributed by atoms with Gasteiger partial charge in [0.2, 0.25) is 35.4 Å². The number of amides is 7. The molecule has 0 saturated carbocycles. The lowest BCUT2D eigenvalue weighted by Gasteiger charge is -2.27. The molecule has 0 radical (unpaired) electrons. The largest absolute Gasteiger partial charge is 0.514 e. The van der Waals surface area contributed by atoms with E-state index in [9.17, 15) is 38.4 Å². The van der Waals surface area contributed by atoms with Gasteiger partial charge in [0, 0.05) is 13.0 Å². The van der Waals surface area contributed by atoms with E-state index < -0.39 is 89.6 Å². The van der Waals surface area contributed by atoms with Gasteiger partial charge >= 0.3 is 12.2 Å². The maximum Gasteiger partial charge on any atom is 0.514 e. The number of hydrogen-bond donors (Lipinski definition) is 6. The third-order valence-corrected chi connectivity index (χ3v) is 7.78. The molecule has 0 unspecified atom stereocenters. The number of rotatable bonds is 16. The van der Waals surface area contributed by atoms with Crippen molar-refractivity contribution in [3.05, 3.63) is 29.8 Å². The molecule has 7 N–H and O–H groups in total. The Bertz CT molecular complexity index is 1550. The number of alkyl carbamates (subject to hydrolysis) is 1. The lowest BCUT2D eigenvalue weighted by atomic mass is 10.0. The van der Waals surface area contributed by atoms with Gasteiger partial charge in [-0.25, -0.2) is 9.59 Å². The van der Waals surface area contributed by atoms with Crippen molar-refractivity contribution in [2.75, 3.05) is 19.6 Å². The normalized spacial score (nSPS) is 15.8. The van der Waals surface area contributed by atoms with Crippen LogP contribution in [-0.4, -0.2) is 108 Å². The van der Waals surface area contributed by atoms with Crippen molar-refractivity contribution in [1.29, 1.82) is 0 Å². The summed E-state index contributed by atoms with van der Waals surface area (Å²) < 4.78 is 15.7. The highest BCUT2D eigenvalue weighted by Crippen LogP contribution is 2.19. The Labute approximate surface area is 321 Å². The van der Waals surface area contributed by atoms with Crippen molar-refractivity contribution >= 4 is 47.7 Å². The standard InChI is InChI=1S/C37H57N7O11/c1-21(2)17-25(31(48)39-19-28(38)45)42-33(50)27-11-10-16-44(27)29(46)20-40-30(47)22(3)41-32(49)26(43-34(51)54-36(4,5)6)18-23-12-14-24(15-13-23)53-35(52)55-37(7,8)9/h12-15,21-22,25-27H,10-11,16-20H2,1-9H3,(H2,38,45)(H,39,48)(H,40,47)(H,41,49)(H,42,50)(H,43,51)/t22-,25+,26+,27-/m0/s1. The van der Waals surface area contributed by atoms with E-state index in [0.29, 0.717) is 18.4 Å². The molecule has 1 aliphatic rings. The Morgan fingerprint density at radius 3 is 1.95 bits per heavy atom. The zero-order valence-corrected chi connectivity index (χ0v) is 33.2. The molecular formula is C37H57N7O11. The lowest BCUT2D eigenvalue weighted by molar-refractivity contribution is -0.140. The average Bonchev–Trinajstić information content (AvgIpc) is 3.54. The topological polar surface area (TPSA) is 254 Å². The zero-order valence-electron chi connectivity index (χ0n) is 33.2. The molecule has 1 saturated heterocycles. The van der Waals surface area contributed by atoms with Gasteiger partial charge in [-0.2, -0.15) is 0 Å². The molecule has 0 aromatic heterocycles. The van der Waals surface area contributed by atoms with Crippen LogP contribution in [0.2, 0.25) is 0 Å². The number of nitrogens with one attached hydrogen (secondary N) is 5. The fourth-order valence-electron chi connectivity index (χ4n) is 5.36. The fourth-order valence-corrected chi connectivity index (χ4v) is 5.36. The van der Waals surface area contributed by atoms with Crippen LogP contribution >= 0.6 is 0 Å². The van der Waals surface area contributed by atoms with Gasteiger partial charge in [0.15, 0.2) is 0 Å². The molecule has 55 heavy (non-hydrogen) atoms. The molecule has 4 atom stereocenters. The van der Waals surface area contributed by atoms with E-state index in [1.165, 1.54) is 24.0 Å². The fraction of sp³-hybridized carbons (Fsp3) is 0.622. The molecule has 0 spiro atoms. The highest BCUT2D eigenvalue weighted by atomic mass is 16.7. The van der Waals surface area contributed by atoms with Crippen molar-refractivity contribution in [2.24, 2.45) is 11.7 Å². The number of ether oxygens (including phenoxy) is 3. The minimum Gasteiger partial charge on any atom is -0.444 e. The van der Waals surface area contributed by atoms with Crippen LogP contribution in [0.5, 0.6) is 5.75 Å². The van der Waals surface area contributed by atoms with Crippen molar-refractivity contribution in [1.82, 2.24) is 31.5 Å². The van der Waals surface area contributed by atoms with Crippen LogP contribution in [0.1, 0.15) is 87.1 Å². The van der Waals surface area contributed by atoms with Crippen LogP contribution < -0.4 is 37.1 Å². The quantitative estimate of drug-likeness (QED) is 0.103. The number of carbonyl (C=O) groups is 8. The van der Waals surface area contributed by atoms with Crippen LogP contribution in [-0.2, 0) is 44.7 Å². The van der Waals surface area contributed by atoms with Crippen LogP contribution in [0.3, 0.4) is 0 Å². The monoisotopic (exact) mass is 775 g/mol. The Balaban J connectivity index is 2.05. The SMILES string of the molecule is CC(C)C[C@@H](NC(=O)[C@@H]1CCCN1C(=O)CNC(=O)[C@H](C)NC(=O)[C@@H](Cc1ccc(OC(=O)OC(C)(C)C)cc1)NC(=O)OC(C)(C)C)C(=O)NCC(N)=O. The third-order valence-electron chi connectivity index (χ3n) is 7.78. The summed E-state index contributed by atoms with van der Waals surface area (Å²) in [6, 6.07) is 1.97. The highest BCUT2D eigenvalue weighted by Gasteiger charge is 2.36. The van der Waals surface area contributed by atoms with Crippen LogP contribution in [0.15, 0.2) is 24.3 Å². The first-order valence-electron chi connectivity index (χ1n) is 18.2. The van der Waals surface area contributed by atoms with Crippen LogP contribution in [0.4, 0.5) is 9.59 Å². The number of carbonyl (C=O) groups excluding carboxylic acids is 8. The summed E-state index contributed by atoms with van der Waals surface area (Å²) in [7, 11) is 0. The van der Waals surface area contributed by atoms with Gasteiger partial charge in [-0.1, -0.05) is 26.0 Å². The number of hydrogen-bond acceptors (Lipinski definition) is 11. The highest BCUT2D eigenvalue weighted by molar-refractivity contribution is 5.95. The Morgan fingerprint density at radius 2 is 1.38 bits per heavy atom.